The van der Waals surface area contributed by atoms with Gasteiger partial charge in [-0.05, 0) is 42.7 Å². The number of hydrogen-bond acceptors (Lipinski definition) is 4. The second-order valence-electron chi connectivity index (χ2n) is 8.58. The number of fused-ring (bicyclic) bond motifs is 3. The Hall–Kier alpha value is -3.66. The maximum absolute atomic E-state index is 11.3. The van der Waals surface area contributed by atoms with Crippen LogP contribution in [-0.4, -0.2) is 17.9 Å². The Kier molecular flexibility index (Phi) is 5.82. The van der Waals surface area contributed by atoms with Crippen LogP contribution in [0.4, 0.5) is 5.69 Å². The van der Waals surface area contributed by atoms with Crippen LogP contribution in [0.2, 0.25) is 0 Å². The number of hydrogen-bond donors (Lipinski definition) is 2. The second-order valence-corrected chi connectivity index (χ2v) is 8.58. The molecule has 0 saturated heterocycles. The van der Waals surface area contributed by atoms with Crippen LogP contribution < -0.4 is 14.8 Å². The quantitative estimate of drug-likeness (QED) is 0.398. The summed E-state index contributed by atoms with van der Waals surface area (Å²) in [6.45, 7) is 4.86. The lowest BCUT2D eigenvalue weighted by atomic mass is 9.99. The first-order valence-electron chi connectivity index (χ1n) is 11.6. The van der Waals surface area contributed by atoms with Crippen molar-refractivity contribution in [2.75, 3.05) is 11.9 Å². The molecule has 1 aliphatic heterocycles. The zero-order valence-electron chi connectivity index (χ0n) is 19.0. The number of aliphatic hydroxyl groups excluding tert-OH is 1. The van der Waals surface area contributed by atoms with Crippen molar-refractivity contribution in [3.63, 3.8) is 0 Å². The molecule has 5 rings (SSSR count). The van der Waals surface area contributed by atoms with Gasteiger partial charge in [-0.15, -0.1) is 0 Å². The van der Waals surface area contributed by atoms with E-state index in [0.717, 1.165) is 57.9 Å². The van der Waals surface area contributed by atoms with Crippen LogP contribution in [0, 0.1) is 0 Å². The van der Waals surface area contributed by atoms with Crippen LogP contribution in [0.1, 0.15) is 38.2 Å². The number of nitrogens with one attached hydrogen (secondary N) is 1. The molecule has 2 aliphatic rings. The molecule has 2 unspecified atom stereocenters. The molecule has 0 saturated carbocycles. The summed E-state index contributed by atoms with van der Waals surface area (Å²) in [7, 11) is 0. The molecule has 2 N–H and O–H groups in total. The van der Waals surface area contributed by atoms with Crippen molar-refractivity contribution in [2.24, 2.45) is 0 Å². The summed E-state index contributed by atoms with van der Waals surface area (Å²) in [5.41, 5.74) is 5.89. The summed E-state index contributed by atoms with van der Waals surface area (Å²) in [6, 6.07) is 24.2. The molecule has 33 heavy (non-hydrogen) atoms. The van der Waals surface area contributed by atoms with E-state index in [1.54, 1.807) is 0 Å². The zero-order valence-corrected chi connectivity index (χ0v) is 19.0. The zero-order chi connectivity index (χ0) is 22.8. The largest absolute Gasteiger partial charge is 0.511 e. The normalized spacial score (nSPS) is 19.0. The molecule has 0 spiro atoms. The molecular formula is C29H29NO3. The Labute approximate surface area is 195 Å². The lowest BCUT2D eigenvalue weighted by Gasteiger charge is -2.23. The smallest absolute Gasteiger partial charge is 0.200 e. The van der Waals surface area contributed by atoms with Gasteiger partial charge in [0.1, 0.15) is 17.3 Å². The van der Waals surface area contributed by atoms with Gasteiger partial charge in [0, 0.05) is 22.9 Å². The minimum absolute atomic E-state index is 0.173. The molecule has 4 heteroatoms. The highest BCUT2D eigenvalue weighted by Crippen LogP contribution is 2.44. The van der Waals surface area contributed by atoms with Crippen molar-refractivity contribution in [1.82, 2.24) is 0 Å². The molecular weight excluding hydrogens is 410 g/mol. The highest BCUT2D eigenvalue weighted by atomic mass is 16.5. The van der Waals surface area contributed by atoms with E-state index in [-0.39, 0.29) is 5.92 Å². The summed E-state index contributed by atoms with van der Waals surface area (Å²) in [6.07, 6.45) is 3.68. The minimum Gasteiger partial charge on any atom is -0.511 e. The van der Waals surface area contributed by atoms with Gasteiger partial charge < -0.3 is 19.9 Å². The molecule has 1 heterocycles. The number of allylic oxidation sites excluding steroid dienone is 1. The predicted molar refractivity (Wildman–Crippen MR) is 133 cm³/mol. The third kappa shape index (κ3) is 4.09. The van der Waals surface area contributed by atoms with Crippen LogP contribution >= 0.6 is 0 Å². The van der Waals surface area contributed by atoms with Crippen molar-refractivity contribution >= 4 is 5.69 Å². The predicted octanol–water partition coefficient (Wildman–Crippen LogP) is 7.22. The van der Waals surface area contributed by atoms with E-state index in [2.05, 4.69) is 30.4 Å². The fourth-order valence-electron chi connectivity index (χ4n) is 4.56. The Morgan fingerprint density at radius 3 is 2.58 bits per heavy atom. The minimum atomic E-state index is -0.525. The topological polar surface area (TPSA) is 50.7 Å². The van der Waals surface area contributed by atoms with Gasteiger partial charge in [-0.2, -0.15) is 0 Å². The average molecular weight is 440 g/mol. The molecule has 3 aromatic rings. The standard InChI is InChI=1S/C29H29NO3/c1-3-4-16-32-21-14-15-23-22-12-8-9-13-25(22)30-29(33-26(23)18-21)27-19(2)17-24(28(27)31)20-10-6-5-7-11-20/h5-15,17-18,24,29-31H,3-4,16H2,1-2H3. The number of para-hydroxylation sites is 1. The van der Waals surface area contributed by atoms with E-state index in [1.165, 1.54) is 0 Å². The average Bonchev–Trinajstić information content (AvgIpc) is 3.04. The van der Waals surface area contributed by atoms with Crippen LogP contribution in [0.3, 0.4) is 0 Å². The molecule has 1 aliphatic carbocycles. The van der Waals surface area contributed by atoms with Crippen molar-refractivity contribution in [3.8, 4) is 22.6 Å². The van der Waals surface area contributed by atoms with Crippen molar-refractivity contribution < 1.29 is 14.6 Å². The van der Waals surface area contributed by atoms with Crippen LogP contribution in [0.5, 0.6) is 11.5 Å². The Balaban J connectivity index is 1.55. The Morgan fingerprint density at radius 1 is 0.970 bits per heavy atom. The van der Waals surface area contributed by atoms with E-state index >= 15 is 0 Å². The Morgan fingerprint density at radius 2 is 1.76 bits per heavy atom. The summed E-state index contributed by atoms with van der Waals surface area (Å²) >= 11 is 0. The summed E-state index contributed by atoms with van der Waals surface area (Å²) in [4.78, 5) is 0. The summed E-state index contributed by atoms with van der Waals surface area (Å²) < 4.78 is 12.5. The molecule has 3 aromatic carbocycles. The van der Waals surface area contributed by atoms with E-state index in [4.69, 9.17) is 9.47 Å². The van der Waals surface area contributed by atoms with Crippen molar-refractivity contribution in [3.05, 3.63) is 101 Å². The molecule has 0 bridgehead atoms. The fraction of sp³-hybridized carbons (Fsp3) is 0.241. The van der Waals surface area contributed by atoms with E-state index in [0.29, 0.717) is 12.4 Å². The van der Waals surface area contributed by atoms with Crippen molar-refractivity contribution in [2.45, 2.75) is 38.8 Å². The number of anilines is 1. The SMILES string of the molecule is CCCCOc1ccc2c(c1)OC(C1=C(O)C(c3ccccc3)C=C1C)Nc1ccccc1-2. The number of aliphatic hydroxyl groups is 1. The number of unbranched alkanes of at least 4 members (excludes halogenated alkanes) is 1. The van der Waals surface area contributed by atoms with Gasteiger partial charge in [-0.25, -0.2) is 0 Å². The maximum atomic E-state index is 11.3. The summed E-state index contributed by atoms with van der Waals surface area (Å²) in [5.74, 6) is 1.68. The molecule has 4 nitrogen and oxygen atoms in total. The van der Waals surface area contributed by atoms with Crippen LogP contribution in [0.25, 0.3) is 11.1 Å². The van der Waals surface area contributed by atoms with Crippen LogP contribution in [-0.2, 0) is 0 Å². The van der Waals surface area contributed by atoms with Gasteiger partial charge >= 0.3 is 0 Å². The molecule has 0 radical (unpaired) electrons. The first-order valence-corrected chi connectivity index (χ1v) is 11.6. The maximum Gasteiger partial charge on any atom is 0.200 e. The summed E-state index contributed by atoms with van der Waals surface area (Å²) in [5, 5.41) is 14.8. The fourth-order valence-corrected chi connectivity index (χ4v) is 4.56. The number of benzene rings is 3. The highest BCUT2D eigenvalue weighted by Gasteiger charge is 2.34. The third-order valence-electron chi connectivity index (χ3n) is 6.30. The number of rotatable bonds is 6. The van der Waals surface area contributed by atoms with E-state index in [1.807, 2.05) is 67.6 Å². The van der Waals surface area contributed by atoms with E-state index in [9.17, 15) is 5.11 Å². The van der Waals surface area contributed by atoms with Gasteiger partial charge in [0.05, 0.1) is 18.1 Å². The molecule has 0 fully saturated rings. The second kappa shape index (κ2) is 9.07. The van der Waals surface area contributed by atoms with E-state index < -0.39 is 6.23 Å². The monoisotopic (exact) mass is 439 g/mol. The third-order valence-corrected chi connectivity index (χ3v) is 6.30. The highest BCUT2D eigenvalue weighted by molar-refractivity contribution is 5.83. The molecule has 168 valence electrons. The van der Waals surface area contributed by atoms with Gasteiger partial charge in [0.2, 0.25) is 0 Å². The van der Waals surface area contributed by atoms with Gasteiger partial charge in [0.25, 0.3) is 0 Å². The van der Waals surface area contributed by atoms with Crippen LogP contribution in [0.15, 0.2) is 95.8 Å². The Bertz CT molecular complexity index is 1210. The van der Waals surface area contributed by atoms with Crippen molar-refractivity contribution in [1.29, 1.82) is 0 Å². The number of ether oxygens (including phenoxy) is 2. The lowest BCUT2D eigenvalue weighted by Crippen LogP contribution is -2.29. The van der Waals surface area contributed by atoms with Gasteiger partial charge in [0.15, 0.2) is 6.23 Å². The first-order chi connectivity index (χ1) is 16.2. The van der Waals surface area contributed by atoms with Gasteiger partial charge in [-0.3, -0.25) is 0 Å². The molecule has 0 amide bonds. The lowest BCUT2D eigenvalue weighted by molar-refractivity contribution is 0.256. The molecule has 2 atom stereocenters. The molecule has 0 aromatic heterocycles. The first kappa shape index (κ1) is 21.2. The van der Waals surface area contributed by atoms with Gasteiger partial charge in [-0.1, -0.05) is 68.0 Å².